The Labute approximate surface area is 276 Å². The van der Waals surface area contributed by atoms with Gasteiger partial charge in [0, 0.05) is 30.5 Å². The number of ether oxygens (including phenoxy) is 1. The fourth-order valence-corrected chi connectivity index (χ4v) is 6.16. The van der Waals surface area contributed by atoms with E-state index < -0.39 is 78.7 Å². The molecule has 0 bridgehead atoms. The minimum atomic E-state index is -5.19. The van der Waals surface area contributed by atoms with E-state index >= 15 is 0 Å². The van der Waals surface area contributed by atoms with E-state index in [4.69, 9.17) is 4.74 Å². The number of phenols is 1. The van der Waals surface area contributed by atoms with Crippen molar-refractivity contribution >= 4 is 81.2 Å². The van der Waals surface area contributed by atoms with E-state index in [1.165, 1.54) is 26.2 Å². The molecule has 4 rings (SSSR count). The van der Waals surface area contributed by atoms with Crippen LogP contribution in [-0.4, -0.2) is 62.0 Å². The lowest BCUT2D eigenvalue weighted by Gasteiger charge is -2.14. The van der Waals surface area contributed by atoms with Crippen LogP contribution in [0.2, 0.25) is 0 Å². The number of fused-ring (bicyclic) bond motifs is 1. The number of rotatable bonds is 10. The molecule has 0 radical (unpaired) electrons. The summed E-state index contributed by atoms with van der Waals surface area (Å²) in [6, 6.07) is 7.31. The Balaban J connectivity index is 1.87. The van der Waals surface area contributed by atoms with Crippen molar-refractivity contribution in [2.45, 2.75) is 28.5 Å². The van der Waals surface area contributed by atoms with Gasteiger partial charge in [0.05, 0.1) is 28.3 Å². The van der Waals surface area contributed by atoms with E-state index in [2.05, 4.69) is 25.8 Å². The third-order valence-electron chi connectivity index (χ3n) is 6.46. The van der Waals surface area contributed by atoms with Crippen molar-refractivity contribution < 1.29 is 58.5 Å². The number of nitro benzene ring substituents is 1. The molecular formula is C26H22N6O14S3. The molecule has 0 aliphatic heterocycles. The first-order valence-corrected chi connectivity index (χ1v) is 17.3. The van der Waals surface area contributed by atoms with Crippen LogP contribution in [0.25, 0.3) is 10.8 Å². The number of nitrogens with one attached hydrogen (secondary N) is 1. The number of nitro groups is 1. The maximum absolute atomic E-state index is 12.3. The zero-order valence-corrected chi connectivity index (χ0v) is 27.4. The number of amides is 1. The van der Waals surface area contributed by atoms with Gasteiger partial charge in [-0.15, -0.1) is 15.3 Å². The molecule has 23 heteroatoms. The third kappa shape index (κ3) is 7.99. The number of phenolic OH excluding ortho intramolecular Hbond substituents is 1. The van der Waals surface area contributed by atoms with Crippen LogP contribution in [0.5, 0.6) is 11.5 Å². The maximum Gasteiger partial charge on any atom is 0.297 e. The fourth-order valence-electron chi connectivity index (χ4n) is 4.32. The summed E-state index contributed by atoms with van der Waals surface area (Å²) in [6.07, 6.45) is 0. The van der Waals surface area contributed by atoms with Gasteiger partial charge in [0.2, 0.25) is 5.91 Å². The summed E-state index contributed by atoms with van der Waals surface area (Å²) in [7, 11) is -13.8. The molecule has 0 heterocycles. The number of methoxy groups -OCH3 is 1. The Morgan fingerprint density at radius 2 is 1.43 bits per heavy atom. The molecule has 1 amide bonds. The zero-order chi connectivity index (χ0) is 36.6. The van der Waals surface area contributed by atoms with Crippen molar-refractivity contribution in [1.82, 2.24) is 0 Å². The number of aryl methyl sites for hydroxylation is 1. The topological polar surface area (TPSA) is 314 Å². The number of nitrogens with zero attached hydrogens (tertiary/aromatic N) is 5. The summed E-state index contributed by atoms with van der Waals surface area (Å²) >= 11 is 0. The first-order valence-electron chi connectivity index (χ1n) is 13.0. The minimum Gasteiger partial charge on any atom is -0.505 e. The Morgan fingerprint density at radius 3 is 1.98 bits per heavy atom. The lowest BCUT2D eigenvalue weighted by molar-refractivity contribution is -0.385. The molecule has 258 valence electrons. The van der Waals surface area contributed by atoms with Gasteiger partial charge < -0.3 is 15.2 Å². The van der Waals surface area contributed by atoms with Gasteiger partial charge in [0.15, 0.2) is 5.75 Å². The second kappa shape index (κ2) is 13.2. The molecule has 0 spiro atoms. The highest BCUT2D eigenvalue weighted by atomic mass is 32.2. The molecule has 4 aromatic carbocycles. The number of benzene rings is 4. The lowest BCUT2D eigenvalue weighted by Crippen LogP contribution is -2.08. The number of carbonyl (C=O) groups excluding carboxylic acids is 1. The van der Waals surface area contributed by atoms with Crippen LogP contribution in [-0.2, 0) is 35.1 Å². The van der Waals surface area contributed by atoms with Crippen molar-refractivity contribution in [2.24, 2.45) is 20.5 Å². The summed E-state index contributed by atoms with van der Waals surface area (Å²) in [5, 5.41) is 39.2. The predicted octanol–water partition coefficient (Wildman–Crippen LogP) is 5.30. The molecule has 0 atom stereocenters. The molecule has 0 saturated carbocycles. The highest BCUT2D eigenvalue weighted by molar-refractivity contribution is 7.86. The normalized spacial score (nSPS) is 12.5. The van der Waals surface area contributed by atoms with Gasteiger partial charge in [-0.1, -0.05) is 0 Å². The maximum atomic E-state index is 12.3. The second-order valence-electron chi connectivity index (χ2n) is 9.87. The summed E-state index contributed by atoms with van der Waals surface area (Å²) in [4.78, 5) is 19.3. The molecule has 49 heavy (non-hydrogen) atoms. The van der Waals surface area contributed by atoms with E-state index in [1.54, 1.807) is 0 Å². The molecule has 0 aromatic heterocycles. The first-order chi connectivity index (χ1) is 22.6. The van der Waals surface area contributed by atoms with Gasteiger partial charge in [-0.2, -0.15) is 30.4 Å². The van der Waals surface area contributed by atoms with Crippen molar-refractivity contribution in [3.63, 3.8) is 0 Å². The monoisotopic (exact) mass is 738 g/mol. The zero-order valence-electron chi connectivity index (χ0n) is 25.0. The molecule has 4 aromatic rings. The number of hydrogen-bond donors (Lipinski definition) is 5. The molecule has 0 unspecified atom stereocenters. The summed E-state index contributed by atoms with van der Waals surface area (Å²) in [6.45, 7) is 2.53. The fraction of sp³-hybridized carbons (Fsp3) is 0.115. The standard InChI is InChI=1S/C26H22N6O14S3/c1-12-6-19(21(46-3)11-18(12)29-28-17-5-4-15(32(35)36)9-22(17)48(40,41)42)30-31-25-23(49(43,44)45)8-14-7-16(47(37,38)39)10-20(27-13(2)33)24(14)26(25)34/h4-11,34H,1-3H3,(H,27,33)(H,37,38,39)(H,40,41,42)(H,43,44,45). The Kier molecular flexibility index (Phi) is 9.81. The SMILES string of the molecule is COc1cc(N=Nc2ccc([N+](=O)[O-])cc2S(=O)(=O)O)c(C)cc1N=Nc1c(S(=O)(=O)O)cc2cc(S(=O)(=O)O)cc(NC(C)=O)c2c1O. The minimum absolute atomic E-state index is 0.0391. The molecule has 0 fully saturated rings. The molecule has 0 aliphatic rings. The number of hydrogen-bond acceptors (Lipinski definition) is 15. The largest absolute Gasteiger partial charge is 0.505 e. The highest BCUT2D eigenvalue weighted by Gasteiger charge is 2.26. The van der Waals surface area contributed by atoms with Crippen LogP contribution < -0.4 is 10.1 Å². The molecular weight excluding hydrogens is 717 g/mol. The predicted molar refractivity (Wildman–Crippen MR) is 169 cm³/mol. The Bertz CT molecular complexity index is 2460. The summed E-state index contributed by atoms with van der Waals surface area (Å²) in [5.74, 6) is -1.80. The highest BCUT2D eigenvalue weighted by Crippen LogP contribution is 2.46. The average molecular weight is 739 g/mol. The molecule has 0 aliphatic carbocycles. The van der Waals surface area contributed by atoms with Crippen LogP contribution in [0, 0.1) is 17.0 Å². The number of anilines is 1. The Hall–Kier alpha value is -5.46. The molecule has 0 saturated heterocycles. The number of aromatic hydroxyl groups is 1. The lowest BCUT2D eigenvalue weighted by atomic mass is 10.1. The third-order valence-corrected chi connectivity index (χ3v) is 9.04. The van der Waals surface area contributed by atoms with E-state index in [9.17, 15) is 58.9 Å². The van der Waals surface area contributed by atoms with Crippen LogP contribution in [0.15, 0.2) is 83.7 Å². The van der Waals surface area contributed by atoms with Gasteiger partial charge in [-0.3, -0.25) is 28.6 Å². The van der Waals surface area contributed by atoms with Gasteiger partial charge in [-0.05, 0) is 48.2 Å². The van der Waals surface area contributed by atoms with Crippen molar-refractivity contribution in [1.29, 1.82) is 0 Å². The summed E-state index contributed by atoms with van der Waals surface area (Å²) < 4.78 is 106. The number of non-ortho nitro benzene ring substituents is 1. The number of carbonyl (C=O) groups is 1. The first kappa shape index (κ1) is 36.4. The van der Waals surface area contributed by atoms with Gasteiger partial charge in [0.1, 0.15) is 32.6 Å². The van der Waals surface area contributed by atoms with Crippen LogP contribution >= 0.6 is 0 Å². The second-order valence-corrected chi connectivity index (χ2v) is 14.1. The van der Waals surface area contributed by atoms with Crippen molar-refractivity contribution in [3.05, 3.63) is 64.2 Å². The van der Waals surface area contributed by atoms with Gasteiger partial charge >= 0.3 is 0 Å². The van der Waals surface area contributed by atoms with E-state index in [1.807, 2.05) is 0 Å². The van der Waals surface area contributed by atoms with E-state index in [-0.39, 0.29) is 39.1 Å². The van der Waals surface area contributed by atoms with Gasteiger partial charge in [0.25, 0.3) is 36.0 Å². The Morgan fingerprint density at radius 1 is 0.816 bits per heavy atom. The van der Waals surface area contributed by atoms with Crippen molar-refractivity contribution in [2.75, 3.05) is 12.4 Å². The van der Waals surface area contributed by atoms with Crippen LogP contribution in [0.1, 0.15) is 12.5 Å². The smallest absolute Gasteiger partial charge is 0.297 e. The molecule has 20 nitrogen and oxygen atoms in total. The van der Waals surface area contributed by atoms with Crippen molar-refractivity contribution in [3.8, 4) is 11.5 Å². The van der Waals surface area contributed by atoms with E-state index in [0.29, 0.717) is 6.07 Å². The quantitative estimate of drug-likeness (QED) is 0.0597. The molecule has 5 N–H and O–H groups in total. The number of azo groups is 2. The van der Waals surface area contributed by atoms with Crippen LogP contribution in [0.4, 0.5) is 34.1 Å². The summed E-state index contributed by atoms with van der Waals surface area (Å²) in [5.41, 5.74) is -2.10. The van der Waals surface area contributed by atoms with E-state index in [0.717, 1.165) is 37.3 Å². The van der Waals surface area contributed by atoms with Gasteiger partial charge in [-0.25, -0.2) is 0 Å². The average Bonchev–Trinajstić information content (AvgIpc) is 2.97. The van der Waals surface area contributed by atoms with Crippen LogP contribution in [0.3, 0.4) is 0 Å².